The molecule has 32 heteroatoms. The summed E-state index contributed by atoms with van der Waals surface area (Å²) in [5.74, 6) is -13.3. The van der Waals surface area contributed by atoms with E-state index in [-0.39, 0.29) is 38.0 Å². The molecular weight excluding hydrogens is 1070 g/mol. The SMILES string of the molecule is CC[C@H](C)[C@@H]1NC(=O)[C@H](Cc2ccc(O)cc2)NC(=O)[C@@H](N)CC(=O)NC[C@@H](C(=O)N2CCC[C@H]2C(=O)NC(C)(C)C(=O)N[C@H](CO[C@@H]2O[C@H](CO)[C@@H](O)[C@H](O)[C@H]2O)C(N)=O)NC(=O)[C@H](CC(N)=O)NC(=O)[C@H](CCC(N)=O)NC1=O. The highest BCUT2D eigenvalue weighted by molar-refractivity contribution is 6.00. The van der Waals surface area contributed by atoms with E-state index in [0.29, 0.717) is 5.56 Å². The van der Waals surface area contributed by atoms with E-state index in [1.54, 1.807) is 13.8 Å². The van der Waals surface area contributed by atoms with Crippen molar-refractivity contribution >= 4 is 70.9 Å². The number of phenols is 1. The molecule has 0 unspecified atom stereocenters. The highest BCUT2D eigenvalue weighted by atomic mass is 16.7. The van der Waals surface area contributed by atoms with Crippen molar-refractivity contribution in [2.45, 2.75) is 164 Å². The van der Waals surface area contributed by atoms with E-state index in [0.717, 1.165) is 4.90 Å². The maximum absolute atomic E-state index is 14.6. The van der Waals surface area contributed by atoms with Gasteiger partial charge in [-0.15, -0.1) is 0 Å². The van der Waals surface area contributed by atoms with E-state index >= 15 is 0 Å². The second-order valence-corrected chi connectivity index (χ2v) is 20.5. The zero-order valence-electron chi connectivity index (χ0n) is 45.1. The first kappa shape index (κ1) is 65.9. The van der Waals surface area contributed by atoms with Crippen molar-refractivity contribution in [2.75, 3.05) is 26.3 Å². The topological polar surface area (TPSA) is 528 Å². The second-order valence-electron chi connectivity index (χ2n) is 20.5. The molecule has 21 N–H and O–H groups in total. The van der Waals surface area contributed by atoms with Crippen LogP contribution in [0.15, 0.2) is 24.3 Å². The molecule has 0 bridgehead atoms. The van der Waals surface area contributed by atoms with Crippen LogP contribution >= 0.6 is 0 Å². The number of phenolic OH excluding ortho intramolecular Hbond substituents is 1. The maximum atomic E-state index is 14.6. The van der Waals surface area contributed by atoms with Crippen LogP contribution in [0.5, 0.6) is 5.75 Å². The van der Waals surface area contributed by atoms with Crippen LogP contribution in [-0.4, -0.2) is 212 Å². The number of benzene rings is 1. The largest absolute Gasteiger partial charge is 0.508 e. The highest BCUT2D eigenvalue weighted by Crippen LogP contribution is 2.23. The number of nitrogens with zero attached hydrogens (tertiary/aromatic N) is 1. The first-order valence-electron chi connectivity index (χ1n) is 26.0. The van der Waals surface area contributed by atoms with E-state index in [4.69, 9.17) is 32.4 Å². The van der Waals surface area contributed by atoms with Crippen molar-refractivity contribution in [3.63, 3.8) is 0 Å². The van der Waals surface area contributed by atoms with Gasteiger partial charge in [0, 0.05) is 25.9 Å². The lowest BCUT2D eigenvalue weighted by molar-refractivity contribution is -0.301. The Hall–Kier alpha value is -7.62. The molecule has 0 radical (unpaired) electrons. The van der Waals surface area contributed by atoms with Crippen molar-refractivity contribution in [3.05, 3.63) is 29.8 Å². The summed E-state index contributed by atoms with van der Waals surface area (Å²) < 4.78 is 10.6. The number of ether oxygens (including phenoxy) is 2. The number of aliphatic hydroxyl groups excluding tert-OH is 4. The lowest BCUT2D eigenvalue weighted by atomic mass is 9.96. The van der Waals surface area contributed by atoms with E-state index in [9.17, 15) is 83.1 Å². The molecule has 0 saturated carbocycles. The molecule has 1 aromatic rings. The number of hydrogen-bond donors (Lipinski definition) is 17. The molecule has 450 valence electrons. The Bertz CT molecular complexity index is 2480. The highest BCUT2D eigenvalue weighted by Gasteiger charge is 2.46. The summed E-state index contributed by atoms with van der Waals surface area (Å²) >= 11 is 0. The zero-order valence-corrected chi connectivity index (χ0v) is 45.1. The minimum atomic E-state index is -1.92. The number of hydrogen-bond acceptors (Lipinski definition) is 20. The van der Waals surface area contributed by atoms with Gasteiger partial charge in [0.25, 0.3) is 0 Å². The van der Waals surface area contributed by atoms with Crippen LogP contribution in [0.2, 0.25) is 0 Å². The average molecular weight is 1150 g/mol. The van der Waals surface area contributed by atoms with Gasteiger partial charge >= 0.3 is 0 Å². The Labute approximate surface area is 464 Å². The van der Waals surface area contributed by atoms with Gasteiger partial charge in [-0.2, -0.15) is 0 Å². The first-order chi connectivity index (χ1) is 38.0. The summed E-state index contributed by atoms with van der Waals surface area (Å²) in [5, 5.41) is 69.3. The predicted molar refractivity (Wildman–Crippen MR) is 277 cm³/mol. The molecule has 0 aliphatic carbocycles. The molecule has 3 aliphatic heterocycles. The summed E-state index contributed by atoms with van der Waals surface area (Å²) in [7, 11) is 0. The van der Waals surface area contributed by atoms with Gasteiger partial charge in [0.05, 0.1) is 32.1 Å². The second kappa shape index (κ2) is 29.7. The fourth-order valence-corrected chi connectivity index (χ4v) is 8.75. The van der Waals surface area contributed by atoms with Crippen molar-refractivity contribution < 1.29 is 92.5 Å². The molecule has 3 aliphatic rings. The minimum absolute atomic E-state index is 0.0362. The van der Waals surface area contributed by atoms with Gasteiger partial charge in [0.1, 0.15) is 78.0 Å². The minimum Gasteiger partial charge on any atom is -0.508 e. The lowest BCUT2D eigenvalue weighted by Gasteiger charge is -2.40. The molecule has 0 aromatic heterocycles. The number of nitrogens with one attached hydrogen (secondary N) is 8. The number of nitrogens with two attached hydrogens (primary N) is 4. The molecule has 12 amide bonds. The number of primary amides is 3. The average Bonchev–Trinajstić information content (AvgIpc) is 3.94. The van der Waals surface area contributed by atoms with Gasteiger partial charge in [-0.3, -0.25) is 57.5 Å². The summed E-state index contributed by atoms with van der Waals surface area (Å²) in [6, 6.07) is -7.54. The number of rotatable bonds is 19. The standard InChI is InChI=1S/C49H75N13O19/c1-5-21(2)35-45(77)55-25(12-13-32(51)65)41(73)57-27(17-33(52)66)42(74)58-28(18-54-34(67)16-24(50)40(72)56-26(43(75)60-35)15-22-8-10-23(64)11-9-22)46(78)62-14-6-7-30(62)44(76)61-49(3,4)48(79)59-29(39(53)71)20-80-47-38(70)37(69)36(68)31(19-63)81-47/h8-11,21,24-31,35-38,47,63-64,68-70H,5-7,12-20,50H2,1-4H3,(H2,51,65)(H2,52,66)(H2,53,71)(H,54,67)(H,55,77)(H,56,72)(H,57,73)(H,58,74)(H,59,79)(H,60,75)(H,61,76)/t21-,24-,25-,26-,27-,28-,29+,30-,31+,35-,36+,37-,38+,47+/m0/s1. The summed E-state index contributed by atoms with van der Waals surface area (Å²) in [6.07, 6.45) is -11.1. The molecule has 4 rings (SSSR count). The van der Waals surface area contributed by atoms with Crippen molar-refractivity contribution in [1.29, 1.82) is 0 Å². The Balaban J connectivity index is 1.65. The summed E-state index contributed by atoms with van der Waals surface area (Å²) in [5.41, 5.74) is 21.1. The number of likely N-dealkylation sites (tertiary alicyclic amines) is 1. The maximum Gasteiger partial charge on any atom is 0.247 e. The van der Waals surface area contributed by atoms with Crippen LogP contribution in [0.3, 0.4) is 0 Å². The number of aromatic hydroxyl groups is 1. The lowest BCUT2D eigenvalue weighted by Crippen LogP contribution is -2.64. The quantitative estimate of drug-likeness (QED) is 0.0612. The Morgan fingerprint density at radius 1 is 0.827 bits per heavy atom. The van der Waals surface area contributed by atoms with E-state index in [1.807, 2.05) is 0 Å². The fourth-order valence-electron chi connectivity index (χ4n) is 8.75. The molecule has 81 heavy (non-hydrogen) atoms. The molecule has 0 spiro atoms. The number of carbonyl (C=O) groups is 12. The van der Waals surface area contributed by atoms with Gasteiger partial charge in [-0.1, -0.05) is 32.4 Å². The van der Waals surface area contributed by atoms with Gasteiger partial charge in [0.2, 0.25) is 70.9 Å². The van der Waals surface area contributed by atoms with Crippen LogP contribution in [-0.2, 0) is 73.4 Å². The number of aliphatic hydroxyl groups is 4. The van der Waals surface area contributed by atoms with E-state index < -0.39 is 207 Å². The Morgan fingerprint density at radius 2 is 1.44 bits per heavy atom. The van der Waals surface area contributed by atoms with Gasteiger partial charge in [0.15, 0.2) is 6.29 Å². The Kier molecular flexibility index (Phi) is 24.2. The third kappa shape index (κ3) is 18.7. The van der Waals surface area contributed by atoms with Crippen LogP contribution in [0, 0.1) is 5.92 Å². The fraction of sp³-hybridized carbons (Fsp3) is 0.633. The van der Waals surface area contributed by atoms with Crippen LogP contribution in [0.1, 0.15) is 78.2 Å². The monoisotopic (exact) mass is 1150 g/mol. The first-order valence-corrected chi connectivity index (χ1v) is 26.0. The van der Waals surface area contributed by atoms with Gasteiger partial charge in [-0.05, 0) is 56.7 Å². The molecule has 32 nitrogen and oxygen atoms in total. The van der Waals surface area contributed by atoms with Crippen LogP contribution < -0.4 is 65.5 Å². The van der Waals surface area contributed by atoms with E-state index in [1.165, 1.54) is 38.1 Å². The van der Waals surface area contributed by atoms with Crippen molar-refractivity contribution in [2.24, 2.45) is 28.9 Å². The number of amides is 12. The molecule has 3 heterocycles. The van der Waals surface area contributed by atoms with Crippen molar-refractivity contribution in [3.8, 4) is 5.75 Å². The predicted octanol–water partition coefficient (Wildman–Crippen LogP) is -8.93. The zero-order chi connectivity index (χ0) is 60.6. The molecule has 14 atom stereocenters. The third-order valence-corrected chi connectivity index (χ3v) is 13.8. The van der Waals surface area contributed by atoms with Crippen molar-refractivity contribution in [1.82, 2.24) is 47.4 Å². The van der Waals surface area contributed by atoms with Gasteiger partial charge in [-0.25, -0.2) is 0 Å². The van der Waals surface area contributed by atoms with E-state index in [2.05, 4.69) is 42.5 Å². The molecule has 1 aromatic carbocycles. The molecule has 3 saturated heterocycles. The normalized spacial score (nSPS) is 28.3. The molecule has 3 fully saturated rings. The van der Waals surface area contributed by atoms with Gasteiger partial charge < -0.3 is 105 Å². The smallest absolute Gasteiger partial charge is 0.247 e. The summed E-state index contributed by atoms with van der Waals surface area (Å²) in [4.78, 5) is 164. The summed E-state index contributed by atoms with van der Waals surface area (Å²) in [6.45, 7) is 3.19. The number of carbonyl (C=O) groups excluding carboxylic acids is 12. The van der Waals surface area contributed by atoms with Crippen LogP contribution in [0.4, 0.5) is 0 Å². The molecular formula is C49H75N13O19. The third-order valence-electron chi connectivity index (χ3n) is 13.8. The van der Waals surface area contributed by atoms with Crippen LogP contribution in [0.25, 0.3) is 0 Å². The Morgan fingerprint density at radius 3 is 2.05 bits per heavy atom.